The second-order valence-electron chi connectivity index (χ2n) is 14.4. The summed E-state index contributed by atoms with van der Waals surface area (Å²) >= 11 is 0. The molecule has 0 aromatic heterocycles. The van der Waals surface area contributed by atoms with E-state index in [0.717, 1.165) is 59.2 Å². The van der Waals surface area contributed by atoms with E-state index in [1.54, 1.807) is 141 Å². The van der Waals surface area contributed by atoms with E-state index in [2.05, 4.69) is 0 Å². The monoisotopic (exact) mass is 452 g/mol. The van der Waals surface area contributed by atoms with Crippen LogP contribution in [0.1, 0.15) is 148 Å². The van der Waals surface area contributed by atoms with Gasteiger partial charge in [-0.3, -0.25) is 0 Å². The fourth-order valence-corrected chi connectivity index (χ4v) is 11.3. The van der Waals surface area contributed by atoms with Gasteiger partial charge in [0, 0.05) is 0 Å². The van der Waals surface area contributed by atoms with Crippen LogP contribution in [0.4, 0.5) is 0 Å². The molecule has 0 heteroatoms. The summed E-state index contributed by atoms with van der Waals surface area (Å²) in [6.07, 6.45) is 36.6. The fourth-order valence-electron chi connectivity index (χ4n) is 11.3. The van der Waals surface area contributed by atoms with E-state index in [0.29, 0.717) is 0 Å². The quantitative estimate of drug-likeness (QED) is 0.343. The van der Waals surface area contributed by atoms with E-state index in [1.165, 1.54) is 6.42 Å². The van der Waals surface area contributed by atoms with E-state index in [1.807, 2.05) is 0 Å². The third-order valence-electron chi connectivity index (χ3n) is 12.9. The summed E-state index contributed by atoms with van der Waals surface area (Å²) < 4.78 is 0. The van der Waals surface area contributed by atoms with Gasteiger partial charge in [-0.1, -0.05) is 103 Å². The van der Waals surface area contributed by atoms with Crippen molar-refractivity contribution in [3.8, 4) is 0 Å². The van der Waals surface area contributed by atoms with Crippen LogP contribution in [0.5, 0.6) is 0 Å². The Labute approximate surface area is 206 Å². The highest BCUT2D eigenvalue weighted by Crippen LogP contribution is 2.57. The van der Waals surface area contributed by atoms with Gasteiger partial charge in [0.25, 0.3) is 0 Å². The zero-order valence-corrected chi connectivity index (χ0v) is 22.0. The van der Waals surface area contributed by atoms with Crippen LogP contribution in [-0.2, 0) is 0 Å². The van der Waals surface area contributed by atoms with E-state index in [-0.39, 0.29) is 0 Å². The predicted octanol–water partition coefficient (Wildman–Crippen LogP) is 10.2. The molecule has 7 rings (SSSR count). The van der Waals surface area contributed by atoms with Gasteiger partial charge in [0.2, 0.25) is 0 Å². The standard InChI is InChI=1S/C33H56/c1-2-4-10-25-11-5-6-15-31(25)28-13-7-12-27(21-28)30-22-29-14-8-16-32(33(29)23-30)26-19-17-24(9-3-1)18-20-26/h24-33H,1-23H2. The molecule has 0 aromatic carbocycles. The second kappa shape index (κ2) is 10.9. The molecule has 8 atom stereocenters. The maximum Gasteiger partial charge on any atom is -0.0352 e. The zero-order chi connectivity index (χ0) is 22.0. The van der Waals surface area contributed by atoms with Crippen LogP contribution in [0, 0.1) is 59.2 Å². The van der Waals surface area contributed by atoms with Crippen molar-refractivity contribution in [2.45, 2.75) is 148 Å². The van der Waals surface area contributed by atoms with Gasteiger partial charge in [0.15, 0.2) is 0 Å². The van der Waals surface area contributed by atoms with Gasteiger partial charge in [-0.25, -0.2) is 0 Å². The zero-order valence-electron chi connectivity index (χ0n) is 22.0. The van der Waals surface area contributed by atoms with Crippen LogP contribution >= 0.6 is 0 Å². The number of fused-ring (bicyclic) bond motifs is 7. The minimum atomic E-state index is 1.10. The van der Waals surface area contributed by atoms with Crippen LogP contribution < -0.4 is 0 Å². The summed E-state index contributed by atoms with van der Waals surface area (Å²) in [5, 5.41) is 0. The first-order chi connectivity index (χ1) is 16.3. The van der Waals surface area contributed by atoms with Crippen molar-refractivity contribution in [2.24, 2.45) is 59.2 Å². The van der Waals surface area contributed by atoms with Gasteiger partial charge in [0.05, 0.1) is 0 Å². The average molecular weight is 453 g/mol. The first-order valence-corrected chi connectivity index (χ1v) is 16.3. The van der Waals surface area contributed by atoms with Crippen molar-refractivity contribution < 1.29 is 0 Å². The molecule has 0 aromatic rings. The molecule has 33 heavy (non-hydrogen) atoms. The molecule has 0 amide bonds. The van der Waals surface area contributed by atoms with Crippen LogP contribution in [-0.4, -0.2) is 0 Å². The van der Waals surface area contributed by atoms with Gasteiger partial charge in [-0.2, -0.15) is 0 Å². The molecule has 0 spiro atoms. The molecule has 7 fully saturated rings. The van der Waals surface area contributed by atoms with Crippen LogP contribution in [0.25, 0.3) is 0 Å². The Kier molecular flexibility index (Phi) is 7.76. The van der Waals surface area contributed by atoms with Crippen LogP contribution in [0.15, 0.2) is 0 Å². The Morgan fingerprint density at radius 2 is 0.788 bits per heavy atom. The largest absolute Gasteiger partial charge is 0.0533 e. The van der Waals surface area contributed by atoms with Crippen molar-refractivity contribution in [1.82, 2.24) is 0 Å². The highest BCUT2D eigenvalue weighted by atomic mass is 14.5. The third-order valence-corrected chi connectivity index (χ3v) is 12.9. The molecule has 0 N–H and O–H groups in total. The molecule has 7 saturated carbocycles. The van der Waals surface area contributed by atoms with Crippen LogP contribution in [0.2, 0.25) is 0 Å². The molecular weight excluding hydrogens is 396 g/mol. The molecule has 0 aliphatic heterocycles. The summed E-state index contributed by atoms with van der Waals surface area (Å²) in [6.45, 7) is 0. The van der Waals surface area contributed by atoms with Crippen LogP contribution in [0.3, 0.4) is 0 Å². The molecular formula is C33H56. The van der Waals surface area contributed by atoms with Gasteiger partial charge < -0.3 is 0 Å². The summed E-state index contributed by atoms with van der Waals surface area (Å²) in [5.74, 6) is 11.2. The van der Waals surface area contributed by atoms with Crippen molar-refractivity contribution in [1.29, 1.82) is 0 Å². The lowest BCUT2D eigenvalue weighted by Gasteiger charge is -2.43. The molecule has 0 heterocycles. The topological polar surface area (TPSA) is 0 Å². The molecule has 0 saturated heterocycles. The molecule has 6 bridgehead atoms. The highest BCUT2D eigenvalue weighted by Gasteiger charge is 2.47. The molecule has 7 aliphatic carbocycles. The Morgan fingerprint density at radius 3 is 1.64 bits per heavy atom. The first-order valence-electron chi connectivity index (χ1n) is 16.3. The average Bonchev–Trinajstić information content (AvgIpc) is 3.31. The van der Waals surface area contributed by atoms with Gasteiger partial charge in [0.1, 0.15) is 0 Å². The minimum absolute atomic E-state index is 1.10. The molecule has 188 valence electrons. The Balaban J connectivity index is 1.19. The number of hydrogen-bond donors (Lipinski definition) is 0. The highest BCUT2D eigenvalue weighted by molar-refractivity contribution is 4.97. The summed E-state index contributed by atoms with van der Waals surface area (Å²) in [5.41, 5.74) is 0. The van der Waals surface area contributed by atoms with E-state index in [4.69, 9.17) is 0 Å². The van der Waals surface area contributed by atoms with E-state index >= 15 is 0 Å². The maximum atomic E-state index is 1.67. The summed E-state index contributed by atoms with van der Waals surface area (Å²) in [7, 11) is 0. The van der Waals surface area contributed by atoms with Crippen molar-refractivity contribution in [3.05, 3.63) is 0 Å². The van der Waals surface area contributed by atoms with Gasteiger partial charge >= 0.3 is 0 Å². The van der Waals surface area contributed by atoms with Crippen molar-refractivity contribution >= 4 is 0 Å². The normalized spacial score (nSPS) is 49.5. The smallest absolute Gasteiger partial charge is 0.0352 e. The summed E-state index contributed by atoms with van der Waals surface area (Å²) in [4.78, 5) is 0. The molecule has 8 unspecified atom stereocenters. The first kappa shape index (κ1) is 23.4. The Morgan fingerprint density at radius 1 is 0.242 bits per heavy atom. The summed E-state index contributed by atoms with van der Waals surface area (Å²) in [6, 6.07) is 0. The Bertz CT molecular complexity index is 599. The third kappa shape index (κ3) is 5.26. The van der Waals surface area contributed by atoms with E-state index < -0.39 is 0 Å². The predicted molar refractivity (Wildman–Crippen MR) is 141 cm³/mol. The number of rotatable bonds is 0. The van der Waals surface area contributed by atoms with Gasteiger partial charge in [-0.05, 0) is 104 Å². The lowest BCUT2D eigenvalue weighted by molar-refractivity contribution is 0.0774. The fraction of sp³-hybridized carbons (Fsp3) is 1.00. The lowest BCUT2D eigenvalue weighted by atomic mass is 9.63. The second-order valence-corrected chi connectivity index (χ2v) is 14.4. The molecule has 0 nitrogen and oxygen atoms in total. The van der Waals surface area contributed by atoms with Gasteiger partial charge in [-0.15, -0.1) is 0 Å². The molecule has 0 radical (unpaired) electrons. The Hall–Kier alpha value is 0. The SMILES string of the molecule is C1CCCC2CCCCC2C2CCCC(C2)C2CC3CCCC(C4CCC(CC1)CC4)C3C2. The maximum absolute atomic E-state index is 1.67. The van der Waals surface area contributed by atoms with Crippen molar-refractivity contribution in [2.75, 3.05) is 0 Å². The van der Waals surface area contributed by atoms with E-state index in [9.17, 15) is 0 Å². The number of hydrogen-bond acceptors (Lipinski definition) is 0. The molecule has 7 aliphatic rings. The lowest BCUT2D eigenvalue weighted by Crippen LogP contribution is -2.33. The van der Waals surface area contributed by atoms with Crippen molar-refractivity contribution in [3.63, 3.8) is 0 Å². The minimum Gasteiger partial charge on any atom is -0.0533 e.